The fourth-order valence-corrected chi connectivity index (χ4v) is 19.7. The number of fused-ring (bicyclic) bond motifs is 6. The van der Waals surface area contributed by atoms with Gasteiger partial charge in [0.2, 0.25) is 17.7 Å². The van der Waals surface area contributed by atoms with Crippen LogP contribution in [0.5, 0.6) is 0 Å². The number of aliphatic hydroxyl groups excluding tert-OH is 3. The van der Waals surface area contributed by atoms with Crippen molar-refractivity contribution in [2.75, 3.05) is 141 Å². The number of anilines is 4. The van der Waals surface area contributed by atoms with Crippen molar-refractivity contribution < 1.29 is 82.1 Å². The van der Waals surface area contributed by atoms with Gasteiger partial charge in [-0.2, -0.15) is 10.1 Å². The lowest BCUT2D eigenvalue weighted by atomic mass is 9.78. The predicted molar refractivity (Wildman–Crippen MR) is 501 cm³/mol. The third-order valence-corrected chi connectivity index (χ3v) is 27.9. The lowest BCUT2D eigenvalue weighted by molar-refractivity contribution is -0.265. The number of ketones is 2. The number of aryl methyl sites for hydroxylation is 1. The number of piperidine rings is 1. The number of aromatic nitrogens is 9. The second-order valence-electron chi connectivity index (χ2n) is 37.4. The Bertz CT molecular complexity index is 5280. The van der Waals surface area contributed by atoms with Gasteiger partial charge in [-0.25, -0.2) is 39.4 Å². The number of Topliss-reactive ketones (excluding diaryl/α,β-unsaturated/α-hetero) is 2. The van der Waals surface area contributed by atoms with E-state index in [0.717, 1.165) is 93.3 Å². The maximum absolute atomic E-state index is 14.8. The molecule has 5 fully saturated rings. The Morgan fingerprint density at radius 1 is 0.722 bits per heavy atom. The van der Waals surface area contributed by atoms with Crippen LogP contribution in [0.3, 0.4) is 0 Å². The number of nitrogens with zero attached hydrogens (tertiary/aromatic N) is 16. The number of amides is 2. The normalized spacial score (nSPS) is 28.9. The van der Waals surface area contributed by atoms with Crippen LogP contribution >= 0.6 is 0 Å². The van der Waals surface area contributed by atoms with Gasteiger partial charge in [-0.3, -0.25) is 29.0 Å². The molecule has 14 rings (SSSR count). The van der Waals surface area contributed by atoms with Crippen molar-refractivity contribution in [3.05, 3.63) is 143 Å². The Morgan fingerprint density at radius 2 is 1.44 bits per heavy atom. The number of oxazole rings is 1. The topological polar surface area (TPSA) is 436 Å². The first kappa shape index (κ1) is 98.6. The number of carbonyl (C=O) groups is 5. The van der Waals surface area contributed by atoms with Crippen LogP contribution < -0.4 is 21.3 Å². The molecule has 35 nitrogen and oxygen atoms in total. The van der Waals surface area contributed by atoms with Gasteiger partial charge in [-0.05, 0) is 160 Å². The molecule has 2 amide bonds. The summed E-state index contributed by atoms with van der Waals surface area (Å²) in [6.45, 7) is 23.5. The van der Waals surface area contributed by atoms with E-state index in [-0.39, 0.29) is 86.3 Å². The van der Waals surface area contributed by atoms with E-state index in [2.05, 4.69) is 80.9 Å². The first-order valence-corrected chi connectivity index (χ1v) is 47.3. The molecule has 1 aliphatic carbocycles. The monoisotopic (exact) mass is 1840 g/mol. The minimum Gasteiger partial charge on any atom is -0.460 e. The quantitative estimate of drug-likeness (QED) is 0.0108. The average molecular weight is 1840 g/mol. The Hall–Kier alpha value is -10.4. The predicted octanol–water partition coefficient (Wildman–Crippen LogP) is 8.88. The standard InChI is InChI=1S/C98H134N18O17/c1-60-16-12-11-13-17-61(2)81(126-8)50-75-26-19-66(7)98(125,133-75)89(121)93(123)115-30-15-14-18-77(115)94(124)131-82(63(4)46-67-22-27-78(118)83(48-67)127-9)51-79(119)62(3)45-65(6)87(120)88(128-10)85(64(5)44-60)109-130-58-74(117)25-21-69-52-101-96(102-53-69)112-36-32-110(33-37-112)40-42-129-43-41-111-34-38-113(39-35-111)97-103-54-73(55-104-97)92(122)114-31-29-70-47-68(20-23-72(70)57-114)56-116-91-84(90(99)105-59-106-91)86(108-116)71-24-28-80-76(49-71)107-95(100)132-80/h11-13,16-17,20,23-24,28,45,47,49,52-55,59-60,62-64,66-67,75,77-79,81-83,87-88,118-120,125H,14-15,18-19,21-22,25-27,29-44,46,48,50-51,56-58H2,1-10H3,(H2,100,107)(H2,99,105,106)/b13-11+,16-12+,61-17+,65-45+,109-85?/t60-,62-,63-,64-,66-,67+,75+,77+,78-,79-,81+,82+,83-,87-,88+,98-/m1/s1. The summed E-state index contributed by atoms with van der Waals surface area (Å²) in [6, 6.07) is 10.8. The number of rotatable bonds is 24. The number of nitrogen functional groups attached to an aromatic ring is 2. The molecule has 6 aliphatic heterocycles. The van der Waals surface area contributed by atoms with Crippen LogP contribution in [0.1, 0.15) is 165 Å². The van der Waals surface area contributed by atoms with Gasteiger partial charge in [0, 0.05) is 174 Å². The largest absolute Gasteiger partial charge is 0.460 e. The van der Waals surface area contributed by atoms with E-state index in [1.807, 2.05) is 73.7 Å². The van der Waals surface area contributed by atoms with E-state index in [1.165, 1.54) is 23.9 Å². The van der Waals surface area contributed by atoms with Gasteiger partial charge in [0.05, 0.1) is 66.9 Å². The number of benzene rings is 2. The molecule has 7 aromatic rings. The third kappa shape index (κ3) is 24.6. The van der Waals surface area contributed by atoms with E-state index in [1.54, 1.807) is 65.0 Å². The minimum atomic E-state index is -2.46. The van der Waals surface area contributed by atoms with Crippen molar-refractivity contribution in [2.45, 2.75) is 219 Å². The van der Waals surface area contributed by atoms with Crippen molar-refractivity contribution in [3.8, 4) is 11.3 Å². The zero-order valence-electron chi connectivity index (χ0n) is 78.5. The summed E-state index contributed by atoms with van der Waals surface area (Å²) < 4.78 is 44.0. The molecule has 35 heteroatoms. The highest BCUT2D eigenvalue weighted by atomic mass is 16.6. The number of oxime groups is 1. The Morgan fingerprint density at radius 3 is 2.15 bits per heavy atom. The molecule has 4 saturated heterocycles. The molecule has 718 valence electrons. The summed E-state index contributed by atoms with van der Waals surface area (Å²) in [5.74, 6) is -6.09. The summed E-state index contributed by atoms with van der Waals surface area (Å²) in [7, 11) is 4.64. The first-order chi connectivity index (χ1) is 64.1. The van der Waals surface area contributed by atoms with Crippen molar-refractivity contribution in [1.29, 1.82) is 0 Å². The molecule has 5 aromatic heterocycles. The highest BCUT2D eigenvalue weighted by Gasteiger charge is 2.53. The van der Waals surface area contributed by atoms with E-state index >= 15 is 0 Å². The van der Waals surface area contributed by atoms with E-state index in [0.29, 0.717) is 166 Å². The highest BCUT2D eigenvalue weighted by Crippen LogP contribution is 2.40. The number of cyclic esters (lactones) is 1. The number of piperazine rings is 2. The van der Waals surface area contributed by atoms with Crippen molar-refractivity contribution in [1.82, 2.24) is 64.3 Å². The van der Waals surface area contributed by atoms with Crippen LogP contribution in [-0.4, -0.2) is 300 Å². The fourth-order valence-electron chi connectivity index (χ4n) is 19.7. The molecule has 0 unspecified atom stereocenters. The zero-order valence-corrected chi connectivity index (χ0v) is 78.5. The third-order valence-electron chi connectivity index (χ3n) is 27.9. The first-order valence-electron chi connectivity index (χ1n) is 47.3. The summed E-state index contributed by atoms with van der Waals surface area (Å²) >= 11 is 0. The summed E-state index contributed by atoms with van der Waals surface area (Å²) in [6.07, 6.45) is 19.9. The van der Waals surface area contributed by atoms with Gasteiger partial charge in [-0.1, -0.05) is 94.4 Å². The summed E-state index contributed by atoms with van der Waals surface area (Å²) in [5, 5.41) is 57.7. The van der Waals surface area contributed by atoms with Gasteiger partial charge in [0.1, 0.15) is 47.7 Å². The number of hydrogen-bond acceptors (Lipinski definition) is 32. The molecule has 0 radical (unpaired) electrons. The molecular formula is C98H134N18O17. The van der Waals surface area contributed by atoms with Crippen molar-refractivity contribution in [3.63, 3.8) is 0 Å². The number of ether oxygens (including phenoxy) is 6. The maximum atomic E-state index is 14.8. The minimum absolute atomic E-state index is 0.0251. The van der Waals surface area contributed by atoms with Gasteiger partial charge in [-0.15, -0.1) is 0 Å². The highest BCUT2D eigenvalue weighted by molar-refractivity contribution is 6.39. The molecule has 11 heterocycles. The molecule has 2 bridgehead atoms. The molecule has 7 aliphatic rings. The number of aliphatic hydroxyl groups is 4. The Balaban J connectivity index is 0.526. The number of methoxy groups -OCH3 is 3. The van der Waals surface area contributed by atoms with Gasteiger partial charge in [0.15, 0.2) is 23.6 Å². The molecule has 1 saturated carbocycles. The van der Waals surface area contributed by atoms with Crippen LogP contribution in [0.15, 0.2) is 125 Å². The zero-order chi connectivity index (χ0) is 94.1. The van der Waals surface area contributed by atoms with E-state index < -0.39 is 84.1 Å². The lowest BCUT2D eigenvalue weighted by Gasteiger charge is -2.43. The molecule has 133 heavy (non-hydrogen) atoms. The second kappa shape index (κ2) is 45.7. The van der Waals surface area contributed by atoms with Crippen molar-refractivity contribution >= 4 is 80.9 Å². The van der Waals surface area contributed by atoms with Gasteiger partial charge >= 0.3 is 5.97 Å². The molecule has 8 N–H and O–H groups in total. The smallest absolute Gasteiger partial charge is 0.329 e. The number of hydrogen-bond donors (Lipinski definition) is 6. The Labute approximate surface area is 777 Å². The number of carbonyl (C=O) groups excluding carboxylic acids is 5. The molecule has 0 spiro atoms. The fraction of sp³-hybridized carbons (Fsp3) is 0.592. The summed E-state index contributed by atoms with van der Waals surface area (Å²) in [5.41, 5.74) is 21.7. The number of allylic oxidation sites excluding steroid dienone is 5. The second-order valence-corrected chi connectivity index (χ2v) is 37.4. The lowest BCUT2D eigenvalue weighted by Crippen LogP contribution is -2.61. The van der Waals surface area contributed by atoms with Gasteiger partial charge in [0.25, 0.3) is 23.6 Å². The van der Waals surface area contributed by atoms with Crippen LogP contribution in [0.25, 0.3) is 33.4 Å². The van der Waals surface area contributed by atoms with Crippen LogP contribution in [0, 0.1) is 35.5 Å². The van der Waals surface area contributed by atoms with Crippen molar-refractivity contribution in [2.24, 2.45) is 40.7 Å². The van der Waals surface area contributed by atoms with Crippen LogP contribution in [-0.2, 0) is 78.4 Å². The SMILES string of the molecule is CO[C@H]1C[C@@H]2CC[C@@H](C)[C@@](O)(O2)C(=O)C(=O)N2CCCC[C@H]2C(=O)O[C@H]([C@H](C)C[C@@H]2CC[C@@H](O)[C@H](OC)C2)C[C@@H](O)[C@H](C)/C=C(\C)[C@@H](O)[C@@H](OC)C(=NOCC(=O)CCc2cnc(N3CCN(CCOCCN4CCN(c5ncc(C(=O)N6CCc7cc(Cn8nc(-c9ccc%10oc(N)nc%10c9)c9c(N)ncnc98)ccc7C6)cn5)CC4)CC3)nc2)[C@H](C)C[C@H](C)/C=C/C=C/C=C/1C. The van der Waals surface area contributed by atoms with E-state index in [9.17, 15) is 44.4 Å². The number of esters is 1. The van der Waals surface area contributed by atoms with E-state index in [4.69, 9.17) is 64.2 Å². The molecule has 16 atom stereocenters. The Kier molecular flexibility index (Phi) is 33.9. The average Bonchev–Trinajstić information content (AvgIpc) is 1.72. The summed E-state index contributed by atoms with van der Waals surface area (Å²) in [4.78, 5) is 121. The maximum Gasteiger partial charge on any atom is 0.329 e. The van der Waals surface area contributed by atoms with Crippen LogP contribution in [0.4, 0.5) is 23.7 Å². The van der Waals surface area contributed by atoms with Gasteiger partial charge < -0.3 is 89.2 Å². The molecule has 2 aromatic carbocycles. The van der Waals surface area contributed by atoms with Crippen LogP contribution in [0.2, 0.25) is 0 Å². The number of nitrogens with two attached hydrogens (primary N) is 2. The molecular weight excluding hydrogens is 1700 g/mol.